The van der Waals surface area contributed by atoms with E-state index in [2.05, 4.69) is 15.6 Å². The summed E-state index contributed by atoms with van der Waals surface area (Å²) >= 11 is 0.788. The molecule has 1 saturated heterocycles. The number of hydrogen-bond acceptors (Lipinski definition) is 7. The van der Waals surface area contributed by atoms with Gasteiger partial charge < -0.3 is 15.1 Å². The number of pyridine rings is 1. The number of rotatable bonds is 7. The quantitative estimate of drug-likeness (QED) is 0.432. The summed E-state index contributed by atoms with van der Waals surface area (Å²) in [6.07, 6.45) is 2.97. The summed E-state index contributed by atoms with van der Waals surface area (Å²) in [6.45, 7) is 2.47. The number of para-hydroxylation sites is 1. The number of benzene rings is 1. The van der Waals surface area contributed by atoms with Gasteiger partial charge in [-0.3, -0.25) is 19.3 Å². The summed E-state index contributed by atoms with van der Waals surface area (Å²) in [6, 6.07) is 13.2. The molecule has 3 aromatic rings. The zero-order valence-corrected chi connectivity index (χ0v) is 17.6. The molecule has 9 heteroatoms. The maximum Gasteiger partial charge on any atom is 0.294 e. The smallest absolute Gasteiger partial charge is 0.294 e. The molecule has 3 heterocycles. The average molecular weight is 436 g/mol. The number of carbonyl (C=O) groups excluding carboxylic acids is 3. The molecule has 1 aliphatic rings. The van der Waals surface area contributed by atoms with Gasteiger partial charge in [0, 0.05) is 24.6 Å². The van der Waals surface area contributed by atoms with Crippen molar-refractivity contribution in [2.45, 2.75) is 6.92 Å². The van der Waals surface area contributed by atoms with Crippen molar-refractivity contribution in [2.24, 2.45) is 0 Å². The van der Waals surface area contributed by atoms with Crippen LogP contribution in [0.1, 0.15) is 11.3 Å². The molecule has 0 spiro atoms. The second kappa shape index (κ2) is 9.05. The summed E-state index contributed by atoms with van der Waals surface area (Å²) in [5.41, 5.74) is 2.01. The molecule has 0 saturated carbocycles. The zero-order valence-electron chi connectivity index (χ0n) is 16.8. The zero-order chi connectivity index (χ0) is 21.8. The van der Waals surface area contributed by atoms with Crippen molar-refractivity contribution in [3.8, 4) is 0 Å². The fourth-order valence-electron chi connectivity index (χ4n) is 3.17. The van der Waals surface area contributed by atoms with Crippen LogP contribution in [0.2, 0.25) is 0 Å². The molecule has 158 valence electrons. The van der Waals surface area contributed by atoms with Gasteiger partial charge >= 0.3 is 0 Å². The Hall–Kier alpha value is -3.59. The third-order valence-electron chi connectivity index (χ3n) is 4.67. The molecule has 1 aromatic carbocycles. The summed E-state index contributed by atoms with van der Waals surface area (Å²) in [7, 11) is 0. The van der Waals surface area contributed by atoms with E-state index in [-0.39, 0.29) is 11.4 Å². The number of nitrogens with zero attached hydrogens (tertiary/aromatic N) is 2. The Morgan fingerprint density at radius 2 is 2.03 bits per heavy atom. The number of imide groups is 1. The second-order valence-electron chi connectivity index (χ2n) is 6.90. The molecular formula is C22H20N4O4S. The molecule has 0 bridgehead atoms. The number of anilines is 1. The predicted molar refractivity (Wildman–Crippen MR) is 119 cm³/mol. The van der Waals surface area contributed by atoms with Crippen LogP contribution in [0.4, 0.5) is 10.6 Å². The Kier molecular flexibility index (Phi) is 6.03. The van der Waals surface area contributed by atoms with Gasteiger partial charge in [0.2, 0.25) is 5.91 Å². The van der Waals surface area contributed by atoms with Crippen LogP contribution in [0, 0.1) is 6.92 Å². The number of carbonyl (C=O) groups is 3. The fourth-order valence-corrected chi connectivity index (χ4v) is 3.99. The number of furan rings is 1. The monoisotopic (exact) mass is 436 g/mol. The number of amides is 3. The van der Waals surface area contributed by atoms with Crippen molar-refractivity contribution in [2.75, 3.05) is 25.0 Å². The molecule has 8 nitrogen and oxygen atoms in total. The maximum atomic E-state index is 12.4. The van der Waals surface area contributed by atoms with Crippen LogP contribution in [0.25, 0.3) is 17.0 Å². The summed E-state index contributed by atoms with van der Waals surface area (Å²) < 4.78 is 5.17. The van der Waals surface area contributed by atoms with E-state index in [0.717, 1.165) is 38.9 Å². The highest BCUT2D eigenvalue weighted by Gasteiger charge is 2.36. The lowest BCUT2D eigenvalue weighted by atomic mass is 10.1. The Morgan fingerprint density at radius 1 is 1.19 bits per heavy atom. The van der Waals surface area contributed by atoms with Crippen molar-refractivity contribution >= 4 is 51.6 Å². The Bertz CT molecular complexity index is 1170. The van der Waals surface area contributed by atoms with E-state index in [4.69, 9.17) is 4.42 Å². The third kappa shape index (κ3) is 4.77. The van der Waals surface area contributed by atoms with Crippen LogP contribution in [0.3, 0.4) is 0 Å². The lowest BCUT2D eigenvalue weighted by Crippen LogP contribution is -2.40. The molecule has 4 rings (SSSR count). The molecule has 1 fully saturated rings. The van der Waals surface area contributed by atoms with Crippen LogP contribution in [-0.2, 0) is 9.59 Å². The Labute approximate surface area is 182 Å². The van der Waals surface area contributed by atoms with E-state index < -0.39 is 17.1 Å². The number of fused-ring (bicyclic) bond motifs is 1. The number of aromatic nitrogens is 1. The lowest BCUT2D eigenvalue weighted by molar-refractivity contribution is -0.129. The summed E-state index contributed by atoms with van der Waals surface area (Å²) in [5, 5.41) is 6.51. The minimum atomic E-state index is -0.504. The molecule has 0 atom stereocenters. The highest BCUT2D eigenvalue weighted by Crippen LogP contribution is 2.32. The first-order chi connectivity index (χ1) is 15.0. The van der Waals surface area contributed by atoms with E-state index in [1.54, 1.807) is 12.1 Å². The number of thioether (sulfide) groups is 1. The lowest BCUT2D eigenvalue weighted by Gasteiger charge is -2.13. The SMILES string of the molecule is Cc1cc(NCCNC(=O)CN2C(=O)S/C(=C\c3ccco3)C2=O)nc2ccccc12. The molecule has 1 aliphatic heterocycles. The van der Waals surface area contributed by atoms with Gasteiger partial charge in [0.1, 0.15) is 18.1 Å². The first-order valence-corrected chi connectivity index (χ1v) is 10.5. The van der Waals surface area contributed by atoms with Gasteiger partial charge in [-0.05, 0) is 48.5 Å². The highest BCUT2D eigenvalue weighted by atomic mass is 32.2. The van der Waals surface area contributed by atoms with Crippen LogP contribution in [-0.4, -0.2) is 46.6 Å². The van der Waals surface area contributed by atoms with Crippen molar-refractivity contribution in [3.05, 3.63) is 65.0 Å². The van der Waals surface area contributed by atoms with Gasteiger partial charge in [0.25, 0.3) is 11.1 Å². The molecule has 2 aromatic heterocycles. The van der Waals surface area contributed by atoms with Crippen LogP contribution < -0.4 is 10.6 Å². The first kappa shape index (κ1) is 20.7. The van der Waals surface area contributed by atoms with Gasteiger partial charge in [-0.2, -0.15) is 0 Å². The van der Waals surface area contributed by atoms with Crippen LogP contribution >= 0.6 is 11.8 Å². The average Bonchev–Trinajstić information content (AvgIpc) is 3.35. The standard InChI is InChI=1S/C22H20N4O4S/c1-14-11-19(25-17-7-3-2-6-16(14)17)23-8-9-24-20(27)13-26-21(28)18(31-22(26)29)12-15-5-4-10-30-15/h2-7,10-12H,8-9,13H2,1H3,(H,23,25)(H,24,27)/b18-12-. The second-order valence-corrected chi connectivity index (χ2v) is 7.89. The van der Waals surface area contributed by atoms with Crippen molar-refractivity contribution in [1.82, 2.24) is 15.2 Å². The third-order valence-corrected chi connectivity index (χ3v) is 5.58. The van der Waals surface area contributed by atoms with Crippen molar-refractivity contribution in [1.29, 1.82) is 0 Å². The van der Waals surface area contributed by atoms with Gasteiger partial charge in [0.15, 0.2) is 0 Å². The van der Waals surface area contributed by atoms with E-state index in [1.165, 1.54) is 12.3 Å². The van der Waals surface area contributed by atoms with E-state index >= 15 is 0 Å². The Morgan fingerprint density at radius 3 is 2.84 bits per heavy atom. The molecule has 3 amide bonds. The summed E-state index contributed by atoms with van der Waals surface area (Å²) in [4.78, 5) is 42.4. The normalized spacial score (nSPS) is 15.1. The maximum absolute atomic E-state index is 12.4. The van der Waals surface area contributed by atoms with Crippen molar-refractivity contribution in [3.63, 3.8) is 0 Å². The van der Waals surface area contributed by atoms with E-state index in [1.807, 2.05) is 37.3 Å². The Balaban J connectivity index is 1.27. The first-order valence-electron chi connectivity index (χ1n) is 9.67. The molecule has 0 aliphatic carbocycles. The van der Waals surface area contributed by atoms with Crippen molar-refractivity contribution < 1.29 is 18.8 Å². The van der Waals surface area contributed by atoms with Gasteiger partial charge in [-0.25, -0.2) is 4.98 Å². The fraction of sp³-hybridized carbons (Fsp3) is 0.182. The van der Waals surface area contributed by atoms with E-state index in [9.17, 15) is 14.4 Å². The summed E-state index contributed by atoms with van der Waals surface area (Å²) in [5.74, 6) is 0.277. The van der Waals surface area contributed by atoms with Gasteiger partial charge in [-0.15, -0.1) is 0 Å². The van der Waals surface area contributed by atoms with Crippen LogP contribution in [0.5, 0.6) is 0 Å². The van der Waals surface area contributed by atoms with Crippen LogP contribution in [0.15, 0.2) is 58.1 Å². The van der Waals surface area contributed by atoms with Gasteiger partial charge in [-0.1, -0.05) is 18.2 Å². The molecule has 31 heavy (non-hydrogen) atoms. The number of nitrogens with one attached hydrogen (secondary N) is 2. The largest absolute Gasteiger partial charge is 0.465 e. The number of hydrogen-bond donors (Lipinski definition) is 2. The predicted octanol–water partition coefficient (Wildman–Crippen LogP) is 3.40. The molecule has 0 unspecified atom stereocenters. The highest BCUT2D eigenvalue weighted by molar-refractivity contribution is 8.18. The number of aryl methyl sites for hydroxylation is 1. The molecule has 2 N–H and O–H groups in total. The topological polar surface area (TPSA) is 105 Å². The van der Waals surface area contributed by atoms with E-state index in [0.29, 0.717) is 18.8 Å². The molecular weight excluding hydrogens is 416 g/mol. The minimum Gasteiger partial charge on any atom is -0.465 e. The van der Waals surface area contributed by atoms with Gasteiger partial charge in [0.05, 0.1) is 16.7 Å². The minimum absolute atomic E-state index is 0.229. The molecule has 0 radical (unpaired) electrons.